The van der Waals surface area contributed by atoms with Gasteiger partial charge < -0.3 is 14.4 Å². The van der Waals surface area contributed by atoms with E-state index in [1.807, 2.05) is 44.4 Å². The number of halogens is 1. The van der Waals surface area contributed by atoms with Crippen molar-refractivity contribution < 1.29 is 9.52 Å². The fourth-order valence-corrected chi connectivity index (χ4v) is 3.94. The summed E-state index contributed by atoms with van der Waals surface area (Å²) in [6.07, 6.45) is 6.01. The summed E-state index contributed by atoms with van der Waals surface area (Å²) >= 11 is 3.43. The molecule has 26 heavy (non-hydrogen) atoms. The standard InChI is InChI=1S/C21H21BrN2O2/c1-24(2)14-9-7-13(8-10-14)23-12-16-20-15-5-3-4-6-18(15)26-19(20)11-17(22)21(16)25/h7-12,25H,3-6H2,1-2H3. The van der Waals surface area contributed by atoms with Gasteiger partial charge in [-0.15, -0.1) is 0 Å². The molecule has 1 aliphatic carbocycles. The average molecular weight is 413 g/mol. The van der Waals surface area contributed by atoms with Gasteiger partial charge in [-0.1, -0.05) is 0 Å². The molecule has 134 valence electrons. The van der Waals surface area contributed by atoms with Crippen LogP contribution in [0.5, 0.6) is 5.75 Å². The number of rotatable bonds is 3. The van der Waals surface area contributed by atoms with E-state index in [2.05, 4.69) is 25.8 Å². The lowest BCUT2D eigenvalue weighted by molar-refractivity contribution is 0.471. The SMILES string of the molecule is CN(C)c1ccc(N=Cc2c(O)c(Br)cc3oc4c(c23)CCCC4)cc1. The summed E-state index contributed by atoms with van der Waals surface area (Å²) in [5.74, 6) is 1.26. The van der Waals surface area contributed by atoms with Crippen LogP contribution < -0.4 is 4.90 Å². The van der Waals surface area contributed by atoms with Crippen molar-refractivity contribution in [1.29, 1.82) is 0 Å². The van der Waals surface area contributed by atoms with Gasteiger partial charge in [0.25, 0.3) is 0 Å². The first-order valence-corrected chi connectivity index (χ1v) is 9.61. The number of nitrogens with zero attached hydrogens (tertiary/aromatic N) is 2. The Morgan fingerprint density at radius 3 is 2.62 bits per heavy atom. The first-order chi connectivity index (χ1) is 12.5. The van der Waals surface area contributed by atoms with Crippen LogP contribution in [0.25, 0.3) is 11.0 Å². The van der Waals surface area contributed by atoms with Crippen molar-refractivity contribution in [1.82, 2.24) is 0 Å². The second kappa shape index (κ2) is 6.80. The highest BCUT2D eigenvalue weighted by Gasteiger charge is 2.22. The lowest BCUT2D eigenvalue weighted by atomic mass is 9.94. The van der Waals surface area contributed by atoms with Crippen molar-refractivity contribution in [3.05, 3.63) is 51.7 Å². The zero-order valence-electron chi connectivity index (χ0n) is 14.9. The van der Waals surface area contributed by atoms with Crippen molar-refractivity contribution in [3.63, 3.8) is 0 Å². The molecule has 0 atom stereocenters. The summed E-state index contributed by atoms with van der Waals surface area (Å²) in [4.78, 5) is 6.64. The highest BCUT2D eigenvalue weighted by molar-refractivity contribution is 9.10. The van der Waals surface area contributed by atoms with E-state index in [0.29, 0.717) is 4.47 Å². The fourth-order valence-electron chi connectivity index (χ4n) is 3.52. The maximum absolute atomic E-state index is 10.6. The van der Waals surface area contributed by atoms with Gasteiger partial charge in [-0.3, -0.25) is 4.99 Å². The van der Waals surface area contributed by atoms with Crippen LogP contribution in [0.2, 0.25) is 0 Å². The molecule has 1 heterocycles. The summed E-state index contributed by atoms with van der Waals surface area (Å²) in [5.41, 5.74) is 4.73. The zero-order valence-corrected chi connectivity index (χ0v) is 16.5. The number of aliphatic imine (C=N–C) groups is 1. The van der Waals surface area contributed by atoms with Crippen molar-refractivity contribution in [3.8, 4) is 5.75 Å². The van der Waals surface area contributed by atoms with Gasteiger partial charge in [0.15, 0.2) is 0 Å². The second-order valence-electron chi connectivity index (χ2n) is 6.87. The lowest BCUT2D eigenvalue weighted by Crippen LogP contribution is -2.07. The van der Waals surface area contributed by atoms with Crippen molar-refractivity contribution in [2.45, 2.75) is 25.7 Å². The average Bonchev–Trinajstić information content (AvgIpc) is 3.00. The summed E-state index contributed by atoms with van der Waals surface area (Å²) in [6, 6.07) is 9.86. The molecule has 0 unspecified atom stereocenters. The molecule has 0 bridgehead atoms. The first kappa shape index (κ1) is 17.2. The topological polar surface area (TPSA) is 49.0 Å². The van der Waals surface area contributed by atoms with E-state index in [0.717, 1.165) is 59.4 Å². The van der Waals surface area contributed by atoms with Gasteiger partial charge in [-0.2, -0.15) is 0 Å². The molecule has 0 aliphatic heterocycles. The van der Waals surface area contributed by atoms with Gasteiger partial charge in [0.1, 0.15) is 17.1 Å². The molecular formula is C21H21BrN2O2. The Morgan fingerprint density at radius 1 is 1.15 bits per heavy atom. The molecule has 0 saturated carbocycles. The Hall–Kier alpha value is -2.27. The quantitative estimate of drug-likeness (QED) is 0.569. The third-order valence-corrected chi connectivity index (χ3v) is 5.52. The van der Waals surface area contributed by atoms with Crippen LogP contribution in [-0.2, 0) is 12.8 Å². The minimum Gasteiger partial charge on any atom is -0.506 e. The number of phenols is 1. The van der Waals surface area contributed by atoms with Crippen LogP contribution in [0.15, 0.2) is 44.2 Å². The van der Waals surface area contributed by atoms with Crippen LogP contribution in [0.3, 0.4) is 0 Å². The molecule has 0 spiro atoms. The van der Waals surface area contributed by atoms with E-state index >= 15 is 0 Å². The Bertz CT molecular complexity index is 988. The predicted molar refractivity (Wildman–Crippen MR) is 110 cm³/mol. The van der Waals surface area contributed by atoms with Crippen LogP contribution in [0.4, 0.5) is 11.4 Å². The van der Waals surface area contributed by atoms with Gasteiger partial charge in [0.05, 0.1) is 10.2 Å². The zero-order chi connectivity index (χ0) is 18.3. The molecule has 1 aliphatic rings. The van der Waals surface area contributed by atoms with Crippen molar-refractivity contribution in [2.75, 3.05) is 19.0 Å². The molecule has 5 heteroatoms. The van der Waals surface area contributed by atoms with E-state index in [-0.39, 0.29) is 5.75 Å². The molecule has 2 aromatic carbocycles. The monoisotopic (exact) mass is 412 g/mol. The summed E-state index contributed by atoms with van der Waals surface area (Å²) in [7, 11) is 4.02. The number of aryl methyl sites for hydroxylation is 2. The summed E-state index contributed by atoms with van der Waals surface area (Å²) in [5, 5.41) is 11.6. The summed E-state index contributed by atoms with van der Waals surface area (Å²) < 4.78 is 6.68. The Kier molecular flexibility index (Phi) is 4.49. The van der Waals surface area contributed by atoms with Crippen LogP contribution in [-0.4, -0.2) is 25.4 Å². The molecule has 0 saturated heterocycles. The smallest absolute Gasteiger partial charge is 0.139 e. The van der Waals surface area contributed by atoms with E-state index in [1.54, 1.807) is 6.21 Å². The van der Waals surface area contributed by atoms with E-state index < -0.39 is 0 Å². The molecule has 0 fully saturated rings. The van der Waals surface area contributed by atoms with Gasteiger partial charge >= 0.3 is 0 Å². The second-order valence-corrected chi connectivity index (χ2v) is 7.73. The van der Waals surface area contributed by atoms with Gasteiger partial charge in [-0.05, 0) is 65.5 Å². The third-order valence-electron chi connectivity index (χ3n) is 4.92. The Morgan fingerprint density at radius 2 is 1.88 bits per heavy atom. The predicted octanol–water partition coefficient (Wildman–Crippen LogP) is 5.60. The third kappa shape index (κ3) is 3.01. The van der Waals surface area contributed by atoms with Gasteiger partial charge in [-0.25, -0.2) is 0 Å². The highest BCUT2D eigenvalue weighted by atomic mass is 79.9. The Balaban J connectivity index is 1.80. The number of anilines is 1. The minimum atomic E-state index is 0.209. The fraction of sp³-hybridized carbons (Fsp3) is 0.286. The molecule has 4 rings (SSSR count). The molecule has 4 nitrogen and oxygen atoms in total. The maximum Gasteiger partial charge on any atom is 0.139 e. The van der Waals surface area contributed by atoms with Gasteiger partial charge in [0, 0.05) is 48.9 Å². The molecule has 3 aromatic rings. The van der Waals surface area contributed by atoms with Crippen molar-refractivity contribution >= 4 is 44.5 Å². The number of aromatic hydroxyl groups is 1. The molecule has 1 aromatic heterocycles. The molecule has 0 amide bonds. The minimum absolute atomic E-state index is 0.209. The highest BCUT2D eigenvalue weighted by Crippen LogP contribution is 2.40. The number of hydrogen-bond donors (Lipinski definition) is 1. The van der Waals surface area contributed by atoms with Crippen molar-refractivity contribution in [2.24, 2.45) is 4.99 Å². The molecule has 0 radical (unpaired) electrons. The van der Waals surface area contributed by atoms with Crippen LogP contribution >= 0.6 is 15.9 Å². The van der Waals surface area contributed by atoms with E-state index in [1.165, 1.54) is 5.56 Å². The van der Waals surface area contributed by atoms with E-state index in [9.17, 15) is 5.11 Å². The number of furan rings is 1. The maximum atomic E-state index is 10.6. The van der Waals surface area contributed by atoms with Crippen LogP contribution in [0.1, 0.15) is 29.7 Å². The molecule has 1 N–H and O–H groups in total. The number of phenolic OH excluding ortho intramolecular Hbond substituents is 1. The summed E-state index contributed by atoms with van der Waals surface area (Å²) in [6.45, 7) is 0. The first-order valence-electron chi connectivity index (χ1n) is 8.82. The normalized spacial score (nSPS) is 14.1. The van der Waals surface area contributed by atoms with Gasteiger partial charge in [0.2, 0.25) is 0 Å². The lowest BCUT2D eigenvalue weighted by Gasteiger charge is -2.12. The number of fused-ring (bicyclic) bond motifs is 3. The molecular weight excluding hydrogens is 392 g/mol. The van der Waals surface area contributed by atoms with Crippen LogP contribution in [0, 0.1) is 0 Å². The number of benzene rings is 2. The van der Waals surface area contributed by atoms with E-state index in [4.69, 9.17) is 4.42 Å². The Labute approximate surface area is 161 Å². The number of hydrogen-bond acceptors (Lipinski definition) is 4. The largest absolute Gasteiger partial charge is 0.506 e.